The van der Waals surface area contributed by atoms with E-state index in [0.29, 0.717) is 5.57 Å². The minimum absolute atomic E-state index is 0.416. The summed E-state index contributed by atoms with van der Waals surface area (Å²) in [6.07, 6.45) is -0.803. The molecular formula is C8H14O3. The highest BCUT2D eigenvalue weighted by atomic mass is 16.5. The summed E-state index contributed by atoms with van der Waals surface area (Å²) in [5, 5.41) is 9.30. The average molecular weight is 158 g/mol. The summed E-state index contributed by atoms with van der Waals surface area (Å²) in [4.78, 5) is 10.8. The lowest BCUT2D eigenvalue weighted by molar-refractivity contribution is -0.147. The smallest absolute Gasteiger partial charge is 0.311 e. The standard InChI is InChI=1S/C8H14O3/c1-5(2)7(9)6(3)8(10)11-4/h6-7,9H,1H2,2-4H3. The molecule has 11 heavy (non-hydrogen) atoms. The Morgan fingerprint density at radius 2 is 2.09 bits per heavy atom. The van der Waals surface area contributed by atoms with E-state index in [2.05, 4.69) is 11.3 Å². The molecule has 0 aliphatic carbocycles. The normalized spacial score (nSPS) is 15.3. The van der Waals surface area contributed by atoms with Crippen LogP contribution in [0, 0.1) is 5.92 Å². The number of esters is 1. The van der Waals surface area contributed by atoms with E-state index in [-0.39, 0.29) is 0 Å². The van der Waals surface area contributed by atoms with Crippen LogP contribution in [0.15, 0.2) is 12.2 Å². The van der Waals surface area contributed by atoms with Gasteiger partial charge in [-0.3, -0.25) is 4.79 Å². The number of ether oxygens (including phenoxy) is 1. The van der Waals surface area contributed by atoms with Crippen molar-refractivity contribution in [2.45, 2.75) is 20.0 Å². The topological polar surface area (TPSA) is 46.5 Å². The Balaban J connectivity index is 4.12. The number of methoxy groups -OCH3 is 1. The Kier molecular flexibility index (Phi) is 3.82. The Hall–Kier alpha value is -0.830. The highest BCUT2D eigenvalue weighted by molar-refractivity contribution is 5.73. The molecule has 0 rings (SSSR count). The molecule has 0 amide bonds. The van der Waals surface area contributed by atoms with Gasteiger partial charge in [-0.25, -0.2) is 0 Å². The third-order valence-corrected chi connectivity index (χ3v) is 1.55. The first kappa shape index (κ1) is 10.2. The lowest BCUT2D eigenvalue weighted by atomic mass is 10.00. The van der Waals surface area contributed by atoms with Gasteiger partial charge in [0.2, 0.25) is 0 Å². The van der Waals surface area contributed by atoms with Gasteiger partial charge >= 0.3 is 5.97 Å². The van der Waals surface area contributed by atoms with E-state index >= 15 is 0 Å². The molecule has 64 valence electrons. The van der Waals surface area contributed by atoms with Crippen LogP contribution >= 0.6 is 0 Å². The highest BCUT2D eigenvalue weighted by Crippen LogP contribution is 2.11. The number of hydrogen-bond donors (Lipinski definition) is 1. The first-order chi connectivity index (χ1) is 5.00. The molecule has 3 nitrogen and oxygen atoms in total. The fourth-order valence-corrected chi connectivity index (χ4v) is 0.742. The van der Waals surface area contributed by atoms with Gasteiger partial charge in [-0.05, 0) is 13.8 Å². The molecule has 0 fully saturated rings. The van der Waals surface area contributed by atoms with Gasteiger partial charge in [-0.15, -0.1) is 0 Å². The van der Waals surface area contributed by atoms with E-state index < -0.39 is 18.0 Å². The third-order valence-electron chi connectivity index (χ3n) is 1.55. The average Bonchev–Trinajstić information content (AvgIpc) is 2.00. The van der Waals surface area contributed by atoms with Crippen molar-refractivity contribution in [2.24, 2.45) is 5.92 Å². The zero-order valence-electron chi connectivity index (χ0n) is 7.13. The van der Waals surface area contributed by atoms with Crippen molar-refractivity contribution in [3.63, 3.8) is 0 Å². The molecule has 1 N–H and O–H groups in total. The second-order valence-corrected chi connectivity index (χ2v) is 2.60. The molecule has 2 unspecified atom stereocenters. The largest absolute Gasteiger partial charge is 0.469 e. The molecule has 0 spiro atoms. The van der Waals surface area contributed by atoms with Gasteiger partial charge < -0.3 is 9.84 Å². The lowest BCUT2D eigenvalue weighted by Crippen LogP contribution is -2.27. The van der Waals surface area contributed by atoms with Gasteiger partial charge in [0.05, 0.1) is 19.1 Å². The van der Waals surface area contributed by atoms with Crippen LogP contribution in [0.4, 0.5) is 0 Å². The van der Waals surface area contributed by atoms with E-state index in [1.807, 2.05) is 0 Å². The summed E-state index contributed by atoms with van der Waals surface area (Å²) in [6, 6.07) is 0. The molecular weight excluding hydrogens is 144 g/mol. The molecule has 0 aromatic carbocycles. The fraction of sp³-hybridized carbons (Fsp3) is 0.625. The van der Waals surface area contributed by atoms with Crippen LogP contribution in [0.5, 0.6) is 0 Å². The maximum atomic E-state index is 10.8. The predicted molar refractivity (Wildman–Crippen MR) is 42.0 cm³/mol. The van der Waals surface area contributed by atoms with Gasteiger partial charge in [0.1, 0.15) is 0 Å². The van der Waals surface area contributed by atoms with Crippen LogP contribution in [0.2, 0.25) is 0 Å². The van der Waals surface area contributed by atoms with Gasteiger partial charge in [0.25, 0.3) is 0 Å². The van der Waals surface area contributed by atoms with E-state index in [0.717, 1.165) is 0 Å². The molecule has 2 atom stereocenters. The zero-order chi connectivity index (χ0) is 9.02. The molecule has 0 aromatic heterocycles. The van der Waals surface area contributed by atoms with Crippen molar-refractivity contribution in [3.05, 3.63) is 12.2 Å². The molecule has 3 heteroatoms. The van der Waals surface area contributed by atoms with E-state index in [9.17, 15) is 9.90 Å². The Morgan fingerprint density at radius 1 is 1.64 bits per heavy atom. The predicted octanol–water partition coefficient (Wildman–Crippen LogP) is 0.732. The van der Waals surface area contributed by atoms with Crippen molar-refractivity contribution in [1.82, 2.24) is 0 Å². The van der Waals surface area contributed by atoms with Crippen LogP contribution in [-0.2, 0) is 9.53 Å². The van der Waals surface area contributed by atoms with Crippen LogP contribution in [0.1, 0.15) is 13.8 Å². The van der Waals surface area contributed by atoms with Crippen molar-refractivity contribution >= 4 is 5.97 Å². The van der Waals surface area contributed by atoms with Gasteiger partial charge in [0.15, 0.2) is 0 Å². The molecule has 0 bridgehead atoms. The van der Waals surface area contributed by atoms with Crippen molar-refractivity contribution < 1.29 is 14.6 Å². The summed E-state index contributed by atoms with van der Waals surface area (Å²) >= 11 is 0. The number of hydrogen-bond acceptors (Lipinski definition) is 3. The molecule has 0 radical (unpaired) electrons. The number of rotatable bonds is 3. The van der Waals surface area contributed by atoms with Crippen molar-refractivity contribution in [3.8, 4) is 0 Å². The maximum absolute atomic E-state index is 10.8. The Morgan fingerprint density at radius 3 is 2.36 bits per heavy atom. The minimum atomic E-state index is -0.803. The maximum Gasteiger partial charge on any atom is 0.311 e. The summed E-state index contributed by atoms with van der Waals surface area (Å²) in [5.41, 5.74) is 0.572. The highest BCUT2D eigenvalue weighted by Gasteiger charge is 2.22. The van der Waals surface area contributed by atoms with Crippen molar-refractivity contribution in [2.75, 3.05) is 7.11 Å². The number of aliphatic hydroxyl groups is 1. The van der Waals surface area contributed by atoms with Crippen LogP contribution in [0.25, 0.3) is 0 Å². The monoisotopic (exact) mass is 158 g/mol. The second-order valence-electron chi connectivity index (χ2n) is 2.60. The number of carbonyl (C=O) groups is 1. The second kappa shape index (κ2) is 4.13. The van der Waals surface area contributed by atoms with Crippen LogP contribution in [-0.4, -0.2) is 24.3 Å². The molecule has 0 aliphatic rings. The summed E-state index contributed by atoms with van der Waals surface area (Å²) < 4.78 is 4.44. The SMILES string of the molecule is C=C(C)C(O)C(C)C(=O)OC. The van der Waals surface area contributed by atoms with Gasteiger partial charge in [0, 0.05) is 0 Å². The molecule has 0 aliphatic heterocycles. The first-order valence-corrected chi connectivity index (χ1v) is 3.42. The fourth-order valence-electron chi connectivity index (χ4n) is 0.742. The van der Waals surface area contributed by atoms with Crippen LogP contribution in [0.3, 0.4) is 0 Å². The molecule has 0 saturated carbocycles. The van der Waals surface area contributed by atoms with Gasteiger partial charge in [-0.2, -0.15) is 0 Å². The summed E-state index contributed by atoms with van der Waals surface area (Å²) in [5.74, 6) is -0.946. The first-order valence-electron chi connectivity index (χ1n) is 3.42. The minimum Gasteiger partial charge on any atom is -0.469 e. The number of aliphatic hydroxyl groups excluding tert-OH is 1. The van der Waals surface area contributed by atoms with Gasteiger partial charge in [-0.1, -0.05) is 12.2 Å². The van der Waals surface area contributed by atoms with Crippen molar-refractivity contribution in [1.29, 1.82) is 0 Å². The Labute approximate surface area is 66.7 Å². The van der Waals surface area contributed by atoms with E-state index in [1.165, 1.54) is 7.11 Å². The summed E-state index contributed by atoms with van der Waals surface area (Å²) in [6.45, 7) is 6.81. The summed E-state index contributed by atoms with van der Waals surface area (Å²) in [7, 11) is 1.30. The molecule has 0 heterocycles. The molecule has 0 saturated heterocycles. The van der Waals surface area contributed by atoms with E-state index in [1.54, 1.807) is 13.8 Å². The Bertz CT molecular complexity index is 163. The third kappa shape index (κ3) is 2.72. The quantitative estimate of drug-likeness (QED) is 0.486. The zero-order valence-corrected chi connectivity index (χ0v) is 7.13. The lowest BCUT2D eigenvalue weighted by Gasteiger charge is -2.15. The van der Waals surface area contributed by atoms with E-state index in [4.69, 9.17) is 0 Å². The molecule has 0 aromatic rings. The van der Waals surface area contributed by atoms with Crippen LogP contribution < -0.4 is 0 Å². The number of carbonyl (C=O) groups excluding carboxylic acids is 1.